The summed E-state index contributed by atoms with van der Waals surface area (Å²) in [5, 5.41) is 0. The van der Waals surface area contributed by atoms with Crippen molar-refractivity contribution in [3.05, 3.63) is 18.0 Å². The molecule has 1 unspecified atom stereocenters. The Bertz CT molecular complexity index is 377. The zero-order valence-corrected chi connectivity index (χ0v) is 11.2. The van der Waals surface area contributed by atoms with Crippen LogP contribution in [0.3, 0.4) is 0 Å². The van der Waals surface area contributed by atoms with Gasteiger partial charge < -0.3 is 4.90 Å². The second-order valence-electron chi connectivity index (χ2n) is 5.12. The van der Waals surface area contributed by atoms with E-state index in [1.807, 2.05) is 19.2 Å². The molecule has 1 atom stereocenters. The van der Waals surface area contributed by atoms with Crippen molar-refractivity contribution < 1.29 is 0 Å². The summed E-state index contributed by atoms with van der Waals surface area (Å²) in [7, 11) is 0. The van der Waals surface area contributed by atoms with Crippen LogP contribution in [0.5, 0.6) is 0 Å². The van der Waals surface area contributed by atoms with Gasteiger partial charge in [-0.2, -0.15) is 0 Å². The molecule has 4 heteroatoms. The van der Waals surface area contributed by atoms with Gasteiger partial charge in [0.05, 0.1) is 0 Å². The fraction of sp³-hybridized carbons (Fsp3) is 0.692. The summed E-state index contributed by atoms with van der Waals surface area (Å²) in [4.78, 5) is 13.7. The van der Waals surface area contributed by atoms with Gasteiger partial charge in [-0.1, -0.05) is 0 Å². The molecule has 1 aromatic rings. The highest BCUT2D eigenvalue weighted by Gasteiger charge is 2.26. The predicted molar refractivity (Wildman–Crippen MR) is 70.3 cm³/mol. The molecule has 0 spiro atoms. The normalized spacial score (nSPS) is 22.2. The van der Waals surface area contributed by atoms with E-state index in [1.165, 1.54) is 0 Å². The van der Waals surface area contributed by atoms with Crippen LogP contribution in [0, 0.1) is 6.92 Å². The first-order chi connectivity index (χ1) is 8.08. The lowest BCUT2D eigenvalue weighted by Crippen LogP contribution is -2.54. The summed E-state index contributed by atoms with van der Waals surface area (Å²) in [6.07, 6.45) is 1.84. The highest BCUT2D eigenvalue weighted by Crippen LogP contribution is 2.16. The Morgan fingerprint density at radius 3 is 2.71 bits per heavy atom. The molecule has 2 rings (SSSR count). The molecule has 1 fully saturated rings. The number of hydrogen-bond donors (Lipinski definition) is 0. The standard InChI is InChI=1S/C13H22N4/c1-10(2)17-8-7-16(9-12(17)4)13-14-6-5-11(3)15-13/h5-6,10,12H,7-9H2,1-4H3. The van der Waals surface area contributed by atoms with Gasteiger partial charge in [-0.25, -0.2) is 9.97 Å². The van der Waals surface area contributed by atoms with E-state index in [2.05, 4.69) is 40.5 Å². The summed E-state index contributed by atoms with van der Waals surface area (Å²) < 4.78 is 0. The van der Waals surface area contributed by atoms with Gasteiger partial charge in [0.25, 0.3) is 0 Å². The summed E-state index contributed by atoms with van der Waals surface area (Å²) in [5.74, 6) is 0.875. The van der Waals surface area contributed by atoms with Gasteiger partial charge in [-0.05, 0) is 33.8 Å². The molecule has 0 amide bonds. The number of piperazine rings is 1. The Kier molecular flexibility index (Phi) is 3.62. The van der Waals surface area contributed by atoms with Gasteiger partial charge in [0.15, 0.2) is 0 Å². The van der Waals surface area contributed by atoms with Crippen molar-refractivity contribution in [2.24, 2.45) is 0 Å². The van der Waals surface area contributed by atoms with Crippen molar-refractivity contribution in [1.82, 2.24) is 14.9 Å². The fourth-order valence-electron chi connectivity index (χ4n) is 2.51. The molecule has 17 heavy (non-hydrogen) atoms. The molecule has 1 aliphatic heterocycles. The number of anilines is 1. The Morgan fingerprint density at radius 1 is 1.35 bits per heavy atom. The van der Waals surface area contributed by atoms with Crippen molar-refractivity contribution in [3.63, 3.8) is 0 Å². The maximum Gasteiger partial charge on any atom is 0.225 e. The summed E-state index contributed by atoms with van der Waals surface area (Å²) in [6.45, 7) is 11.9. The van der Waals surface area contributed by atoms with Crippen LogP contribution >= 0.6 is 0 Å². The van der Waals surface area contributed by atoms with Crippen LogP contribution in [0.2, 0.25) is 0 Å². The van der Waals surface area contributed by atoms with Crippen LogP contribution < -0.4 is 4.90 Å². The van der Waals surface area contributed by atoms with E-state index in [-0.39, 0.29) is 0 Å². The maximum absolute atomic E-state index is 4.50. The molecule has 0 radical (unpaired) electrons. The first-order valence-electron chi connectivity index (χ1n) is 6.38. The molecular formula is C13H22N4. The number of nitrogens with zero attached hydrogens (tertiary/aromatic N) is 4. The van der Waals surface area contributed by atoms with Crippen molar-refractivity contribution >= 4 is 5.95 Å². The topological polar surface area (TPSA) is 32.3 Å². The zero-order valence-electron chi connectivity index (χ0n) is 11.2. The van der Waals surface area contributed by atoms with Gasteiger partial charge in [0.2, 0.25) is 5.95 Å². The van der Waals surface area contributed by atoms with Crippen molar-refractivity contribution in [1.29, 1.82) is 0 Å². The third-order valence-corrected chi connectivity index (χ3v) is 3.41. The second kappa shape index (κ2) is 5.00. The monoisotopic (exact) mass is 234 g/mol. The number of aryl methyl sites for hydroxylation is 1. The van der Waals surface area contributed by atoms with Crippen LogP contribution in [-0.2, 0) is 0 Å². The Hall–Kier alpha value is -1.16. The Morgan fingerprint density at radius 2 is 2.12 bits per heavy atom. The Balaban J connectivity index is 2.07. The number of hydrogen-bond acceptors (Lipinski definition) is 4. The minimum atomic E-state index is 0.563. The van der Waals surface area contributed by atoms with Gasteiger partial charge >= 0.3 is 0 Å². The number of rotatable bonds is 2. The fourth-order valence-corrected chi connectivity index (χ4v) is 2.51. The summed E-state index contributed by atoms with van der Waals surface area (Å²) in [6, 6.07) is 3.12. The van der Waals surface area contributed by atoms with E-state index >= 15 is 0 Å². The Labute approximate surface area is 104 Å². The molecule has 4 nitrogen and oxygen atoms in total. The molecule has 0 bridgehead atoms. The third kappa shape index (κ3) is 2.75. The van der Waals surface area contributed by atoms with E-state index in [4.69, 9.17) is 0 Å². The molecule has 0 N–H and O–H groups in total. The SMILES string of the molecule is Cc1ccnc(N2CCN(C(C)C)C(C)C2)n1. The van der Waals surface area contributed by atoms with Gasteiger partial charge in [-0.3, -0.25) is 4.90 Å². The second-order valence-corrected chi connectivity index (χ2v) is 5.12. The lowest BCUT2D eigenvalue weighted by molar-refractivity contribution is 0.147. The lowest BCUT2D eigenvalue weighted by atomic mass is 10.1. The first kappa shape index (κ1) is 12.3. The van der Waals surface area contributed by atoms with Crippen molar-refractivity contribution in [2.45, 2.75) is 39.8 Å². The molecular weight excluding hydrogens is 212 g/mol. The molecule has 2 heterocycles. The van der Waals surface area contributed by atoms with E-state index in [0.717, 1.165) is 31.3 Å². The smallest absolute Gasteiger partial charge is 0.225 e. The van der Waals surface area contributed by atoms with Gasteiger partial charge in [0.1, 0.15) is 0 Å². The van der Waals surface area contributed by atoms with Crippen LogP contribution in [-0.4, -0.2) is 46.6 Å². The summed E-state index contributed by atoms with van der Waals surface area (Å²) in [5.41, 5.74) is 1.04. The van der Waals surface area contributed by atoms with Crippen LogP contribution in [0.15, 0.2) is 12.3 Å². The molecule has 1 saturated heterocycles. The first-order valence-corrected chi connectivity index (χ1v) is 6.38. The van der Waals surface area contributed by atoms with E-state index in [1.54, 1.807) is 0 Å². The minimum Gasteiger partial charge on any atom is -0.338 e. The third-order valence-electron chi connectivity index (χ3n) is 3.41. The van der Waals surface area contributed by atoms with Crippen molar-refractivity contribution in [3.8, 4) is 0 Å². The van der Waals surface area contributed by atoms with Crippen LogP contribution in [0.25, 0.3) is 0 Å². The molecule has 0 saturated carbocycles. The average molecular weight is 234 g/mol. The van der Waals surface area contributed by atoms with E-state index in [0.29, 0.717) is 12.1 Å². The molecule has 94 valence electrons. The molecule has 0 aliphatic carbocycles. The highest BCUT2D eigenvalue weighted by molar-refractivity contribution is 5.31. The predicted octanol–water partition coefficient (Wildman–Crippen LogP) is 1.70. The maximum atomic E-state index is 4.50. The van der Waals surface area contributed by atoms with Crippen LogP contribution in [0.1, 0.15) is 26.5 Å². The molecule has 1 aromatic heterocycles. The number of aromatic nitrogens is 2. The zero-order chi connectivity index (χ0) is 12.4. The van der Waals surface area contributed by atoms with E-state index < -0.39 is 0 Å². The quantitative estimate of drug-likeness (QED) is 0.779. The van der Waals surface area contributed by atoms with Crippen LogP contribution in [0.4, 0.5) is 5.95 Å². The largest absolute Gasteiger partial charge is 0.338 e. The molecule has 0 aromatic carbocycles. The van der Waals surface area contributed by atoms with Gasteiger partial charge in [-0.15, -0.1) is 0 Å². The average Bonchev–Trinajstić information content (AvgIpc) is 2.28. The lowest BCUT2D eigenvalue weighted by Gasteiger charge is -2.42. The summed E-state index contributed by atoms with van der Waals surface area (Å²) >= 11 is 0. The molecule has 1 aliphatic rings. The highest BCUT2D eigenvalue weighted by atomic mass is 15.3. The van der Waals surface area contributed by atoms with Crippen molar-refractivity contribution in [2.75, 3.05) is 24.5 Å². The van der Waals surface area contributed by atoms with Gasteiger partial charge in [0, 0.05) is 43.6 Å². The minimum absolute atomic E-state index is 0.563. The van der Waals surface area contributed by atoms with E-state index in [9.17, 15) is 0 Å².